The van der Waals surface area contributed by atoms with Gasteiger partial charge in [-0.1, -0.05) is 72.4 Å². The van der Waals surface area contributed by atoms with Crippen molar-refractivity contribution in [2.75, 3.05) is 5.84 Å². The van der Waals surface area contributed by atoms with Gasteiger partial charge in [0.05, 0.1) is 11.9 Å². The van der Waals surface area contributed by atoms with Gasteiger partial charge in [-0.25, -0.2) is 9.66 Å². The van der Waals surface area contributed by atoms with E-state index in [4.69, 9.17) is 5.84 Å². The van der Waals surface area contributed by atoms with Gasteiger partial charge in [0.2, 0.25) is 5.91 Å². The Morgan fingerprint density at radius 1 is 1.12 bits per heavy atom. The molecule has 1 aromatic heterocycles. The van der Waals surface area contributed by atoms with Crippen LogP contribution in [0.1, 0.15) is 23.7 Å². The number of nitrogens with zero attached hydrogens (tertiary/aromatic N) is 2. The van der Waals surface area contributed by atoms with Crippen LogP contribution < -0.4 is 11.2 Å². The monoisotopic (exact) mass is 364 g/mol. The molecule has 0 aliphatic heterocycles. The quantitative estimate of drug-likeness (QED) is 0.519. The maximum absolute atomic E-state index is 12.8. The van der Waals surface area contributed by atoms with Crippen molar-refractivity contribution in [3.8, 4) is 11.3 Å². The van der Waals surface area contributed by atoms with Crippen LogP contribution in [0, 0.1) is 0 Å². The molecule has 1 aliphatic rings. The zero-order valence-corrected chi connectivity index (χ0v) is 15.0. The Kier molecular flexibility index (Phi) is 4.67. The second-order valence-electron chi connectivity index (χ2n) is 6.37. The van der Waals surface area contributed by atoms with Crippen LogP contribution in [0.15, 0.2) is 72.0 Å². The second kappa shape index (κ2) is 7.25. The lowest BCUT2D eigenvalue weighted by atomic mass is 10.1. The Balaban J connectivity index is 1.61. The number of carbonyl (C=O) groups is 1. The molecule has 1 aliphatic carbocycles. The lowest BCUT2D eigenvalue weighted by Gasteiger charge is -2.16. The highest BCUT2D eigenvalue weighted by Gasteiger charge is 2.30. The molecule has 3 N–H and O–H groups in total. The minimum Gasteiger partial charge on any atom is -0.352 e. The molecule has 0 saturated heterocycles. The molecular formula is C20H20N4OS. The largest absolute Gasteiger partial charge is 0.352 e. The number of hydrogen-bond donors (Lipinski definition) is 2. The summed E-state index contributed by atoms with van der Waals surface area (Å²) in [4.78, 5) is 17.4. The minimum absolute atomic E-state index is 0.00737. The van der Waals surface area contributed by atoms with Crippen LogP contribution in [-0.2, 0) is 4.79 Å². The van der Waals surface area contributed by atoms with Crippen LogP contribution >= 0.6 is 11.8 Å². The van der Waals surface area contributed by atoms with Crippen molar-refractivity contribution < 1.29 is 4.79 Å². The number of hydrogen-bond acceptors (Lipinski definition) is 4. The summed E-state index contributed by atoms with van der Waals surface area (Å²) in [6.07, 6.45) is 3.90. The first-order chi connectivity index (χ1) is 12.7. The molecule has 0 unspecified atom stereocenters. The fourth-order valence-corrected chi connectivity index (χ4v) is 3.73. The Bertz CT molecular complexity index is 891. The van der Waals surface area contributed by atoms with Crippen molar-refractivity contribution >= 4 is 17.7 Å². The molecular weight excluding hydrogens is 344 g/mol. The first kappa shape index (κ1) is 16.7. The number of aromatic nitrogens is 2. The van der Waals surface area contributed by atoms with Crippen molar-refractivity contribution in [3.63, 3.8) is 0 Å². The first-order valence-corrected chi connectivity index (χ1v) is 9.50. The van der Waals surface area contributed by atoms with Gasteiger partial charge in [-0.05, 0) is 18.4 Å². The van der Waals surface area contributed by atoms with Crippen LogP contribution in [0.5, 0.6) is 0 Å². The maximum Gasteiger partial charge on any atom is 0.238 e. The number of nitrogen functional groups attached to an aromatic ring is 1. The molecule has 26 heavy (non-hydrogen) atoms. The number of rotatable bonds is 6. The molecule has 1 atom stereocenters. The van der Waals surface area contributed by atoms with E-state index in [1.54, 1.807) is 6.20 Å². The third kappa shape index (κ3) is 3.75. The molecule has 3 aromatic rings. The molecule has 0 spiro atoms. The summed E-state index contributed by atoms with van der Waals surface area (Å²) in [5, 5.41) is 3.32. The fraction of sp³-hybridized carbons (Fsp3) is 0.200. The van der Waals surface area contributed by atoms with Gasteiger partial charge in [0, 0.05) is 11.6 Å². The molecule has 1 heterocycles. The predicted octanol–water partition coefficient (Wildman–Crippen LogP) is 3.38. The highest BCUT2D eigenvalue weighted by atomic mass is 32.2. The zero-order chi connectivity index (χ0) is 17.9. The van der Waals surface area contributed by atoms with Crippen molar-refractivity contribution in [2.45, 2.75) is 29.3 Å². The predicted molar refractivity (Wildman–Crippen MR) is 104 cm³/mol. The van der Waals surface area contributed by atoms with E-state index in [0.29, 0.717) is 11.2 Å². The van der Waals surface area contributed by atoms with Crippen LogP contribution in [0.25, 0.3) is 11.3 Å². The molecule has 1 amide bonds. The van der Waals surface area contributed by atoms with Crippen LogP contribution in [-0.4, -0.2) is 21.6 Å². The highest BCUT2D eigenvalue weighted by Crippen LogP contribution is 2.36. The molecule has 1 saturated carbocycles. The molecule has 0 radical (unpaired) electrons. The molecule has 1 fully saturated rings. The summed E-state index contributed by atoms with van der Waals surface area (Å²) >= 11 is 1.38. The number of imidazole rings is 1. The number of thioether (sulfide) groups is 1. The van der Waals surface area contributed by atoms with Crippen molar-refractivity contribution in [1.82, 2.24) is 15.0 Å². The van der Waals surface area contributed by atoms with Gasteiger partial charge in [-0.2, -0.15) is 0 Å². The van der Waals surface area contributed by atoms with Gasteiger partial charge < -0.3 is 11.2 Å². The average molecular weight is 364 g/mol. The minimum atomic E-state index is -0.384. The highest BCUT2D eigenvalue weighted by molar-refractivity contribution is 8.00. The zero-order valence-electron chi connectivity index (χ0n) is 14.2. The van der Waals surface area contributed by atoms with Crippen LogP contribution in [0.3, 0.4) is 0 Å². The smallest absolute Gasteiger partial charge is 0.238 e. The second-order valence-corrected chi connectivity index (χ2v) is 7.45. The number of benzene rings is 2. The van der Waals surface area contributed by atoms with E-state index in [1.807, 2.05) is 60.7 Å². The van der Waals surface area contributed by atoms with E-state index < -0.39 is 0 Å². The van der Waals surface area contributed by atoms with Crippen molar-refractivity contribution in [3.05, 3.63) is 72.4 Å². The number of nitrogens with two attached hydrogens (primary N) is 1. The Hall–Kier alpha value is -2.73. The van der Waals surface area contributed by atoms with Crippen molar-refractivity contribution in [2.24, 2.45) is 0 Å². The summed E-state index contributed by atoms with van der Waals surface area (Å²) in [6, 6.07) is 19.9. The molecule has 132 valence electrons. The fourth-order valence-electron chi connectivity index (χ4n) is 2.72. The Morgan fingerprint density at radius 3 is 2.42 bits per heavy atom. The summed E-state index contributed by atoms with van der Waals surface area (Å²) in [5.41, 5.74) is 2.74. The van der Waals surface area contributed by atoms with Crippen molar-refractivity contribution in [1.29, 1.82) is 0 Å². The van der Waals surface area contributed by atoms with E-state index in [2.05, 4.69) is 10.3 Å². The lowest BCUT2D eigenvalue weighted by molar-refractivity contribution is -0.120. The summed E-state index contributed by atoms with van der Waals surface area (Å²) in [5.74, 6) is 6.13. The van der Waals surface area contributed by atoms with Gasteiger partial charge in [0.15, 0.2) is 5.16 Å². The first-order valence-electron chi connectivity index (χ1n) is 8.62. The summed E-state index contributed by atoms with van der Waals surface area (Å²) in [7, 11) is 0. The van der Waals surface area contributed by atoms with Gasteiger partial charge in [0.25, 0.3) is 0 Å². The third-order valence-corrected chi connectivity index (χ3v) is 5.49. The molecule has 6 heteroatoms. The van der Waals surface area contributed by atoms with Crippen LogP contribution in [0.4, 0.5) is 0 Å². The van der Waals surface area contributed by atoms with Gasteiger partial charge >= 0.3 is 0 Å². The van der Waals surface area contributed by atoms with Gasteiger partial charge in [-0.3, -0.25) is 4.79 Å². The molecule has 4 rings (SSSR count). The van der Waals surface area contributed by atoms with E-state index in [1.165, 1.54) is 16.4 Å². The van der Waals surface area contributed by atoms with E-state index in [9.17, 15) is 4.79 Å². The summed E-state index contributed by atoms with van der Waals surface area (Å²) in [6.45, 7) is 0. The maximum atomic E-state index is 12.8. The SMILES string of the molecule is Nn1cc(-c2ccccc2)nc1S[C@H](C(=O)NC1CC1)c1ccccc1. The van der Waals surface area contributed by atoms with E-state index in [-0.39, 0.29) is 11.2 Å². The number of carbonyl (C=O) groups excluding carboxylic acids is 1. The lowest BCUT2D eigenvalue weighted by Crippen LogP contribution is -2.30. The van der Waals surface area contributed by atoms with E-state index in [0.717, 1.165) is 29.7 Å². The Labute approximate surface area is 156 Å². The van der Waals surface area contributed by atoms with Gasteiger partial charge in [-0.15, -0.1) is 0 Å². The standard InChI is InChI=1S/C20H20N4OS/c21-24-13-17(14-7-3-1-4-8-14)23-20(24)26-18(15-9-5-2-6-10-15)19(25)22-16-11-12-16/h1-10,13,16,18H,11-12,21H2,(H,22,25)/t18-/m0/s1. The Morgan fingerprint density at radius 2 is 1.77 bits per heavy atom. The molecule has 5 nitrogen and oxygen atoms in total. The van der Waals surface area contributed by atoms with Gasteiger partial charge in [0.1, 0.15) is 5.25 Å². The molecule has 2 aromatic carbocycles. The summed E-state index contributed by atoms with van der Waals surface area (Å²) < 4.78 is 1.49. The van der Waals surface area contributed by atoms with E-state index >= 15 is 0 Å². The van der Waals surface area contributed by atoms with Crippen LogP contribution in [0.2, 0.25) is 0 Å². The molecule has 0 bridgehead atoms. The topological polar surface area (TPSA) is 72.9 Å². The number of nitrogens with one attached hydrogen (secondary N) is 1. The normalized spacial score (nSPS) is 14.8. The average Bonchev–Trinajstić information content (AvgIpc) is 3.41. The third-order valence-electron chi connectivity index (χ3n) is 4.26. The number of amides is 1.